The molecule has 2 N–H and O–H groups in total. The van der Waals surface area contributed by atoms with Gasteiger partial charge in [0.1, 0.15) is 12.1 Å². The molecule has 5 heteroatoms. The zero-order valence-corrected chi connectivity index (χ0v) is 14.5. The minimum Gasteiger partial charge on any atom is -0.340 e. The Bertz CT molecular complexity index is 871. The van der Waals surface area contributed by atoms with E-state index in [-0.39, 0.29) is 0 Å². The molecular weight excluding hydrogens is 310 g/mol. The maximum atomic E-state index is 4.47. The number of nitrogens with zero attached hydrogens (tertiary/aromatic N) is 3. The van der Waals surface area contributed by atoms with Crippen LogP contribution in [-0.2, 0) is 6.54 Å². The first-order valence-corrected chi connectivity index (χ1v) is 8.78. The van der Waals surface area contributed by atoms with Crippen molar-refractivity contribution in [2.24, 2.45) is 0 Å². The van der Waals surface area contributed by atoms with Gasteiger partial charge in [-0.1, -0.05) is 18.2 Å². The molecule has 2 aromatic carbocycles. The summed E-state index contributed by atoms with van der Waals surface area (Å²) in [6, 6.07) is 14.8. The van der Waals surface area contributed by atoms with Gasteiger partial charge < -0.3 is 10.6 Å². The molecule has 0 unspecified atom stereocenters. The van der Waals surface area contributed by atoms with E-state index in [0.29, 0.717) is 0 Å². The molecule has 4 rings (SSSR count). The maximum Gasteiger partial charge on any atom is 0.141 e. The Kier molecular flexibility index (Phi) is 4.59. The van der Waals surface area contributed by atoms with E-state index in [0.717, 1.165) is 55.1 Å². The molecule has 0 atom stereocenters. The summed E-state index contributed by atoms with van der Waals surface area (Å²) in [6.07, 6.45) is 1.62. The van der Waals surface area contributed by atoms with Crippen LogP contribution in [0.3, 0.4) is 0 Å². The van der Waals surface area contributed by atoms with Crippen LogP contribution in [0, 0.1) is 6.92 Å². The summed E-state index contributed by atoms with van der Waals surface area (Å²) >= 11 is 0. The number of benzene rings is 2. The Morgan fingerprint density at radius 1 is 1.08 bits per heavy atom. The Hall–Kier alpha value is -2.50. The van der Waals surface area contributed by atoms with E-state index >= 15 is 0 Å². The molecular formula is C20H23N5. The minimum absolute atomic E-state index is 0.859. The maximum absolute atomic E-state index is 4.47. The molecule has 5 nitrogen and oxygen atoms in total. The number of aryl methyl sites for hydroxylation is 1. The zero-order valence-electron chi connectivity index (χ0n) is 14.5. The average Bonchev–Trinajstić information content (AvgIpc) is 2.63. The summed E-state index contributed by atoms with van der Waals surface area (Å²) in [7, 11) is 0. The van der Waals surface area contributed by atoms with Gasteiger partial charge >= 0.3 is 0 Å². The van der Waals surface area contributed by atoms with Crippen LogP contribution in [0.1, 0.15) is 11.1 Å². The summed E-state index contributed by atoms with van der Waals surface area (Å²) in [6.45, 7) is 7.38. The van der Waals surface area contributed by atoms with Crippen molar-refractivity contribution < 1.29 is 0 Å². The summed E-state index contributed by atoms with van der Waals surface area (Å²) in [5.41, 5.74) is 4.54. The van der Waals surface area contributed by atoms with Gasteiger partial charge in [0.2, 0.25) is 0 Å². The molecule has 1 aliphatic heterocycles. The molecule has 0 radical (unpaired) electrons. The third kappa shape index (κ3) is 3.78. The van der Waals surface area contributed by atoms with Gasteiger partial charge in [0.25, 0.3) is 0 Å². The van der Waals surface area contributed by atoms with Gasteiger partial charge in [0.15, 0.2) is 0 Å². The van der Waals surface area contributed by atoms with Crippen LogP contribution in [0.2, 0.25) is 0 Å². The van der Waals surface area contributed by atoms with Gasteiger partial charge in [-0.05, 0) is 42.3 Å². The lowest BCUT2D eigenvalue weighted by Crippen LogP contribution is -2.42. The topological polar surface area (TPSA) is 53.1 Å². The lowest BCUT2D eigenvalue weighted by Gasteiger charge is -2.27. The van der Waals surface area contributed by atoms with Crippen LogP contribution in [0.25, 0.3) is 10.9 Å². The fourth-order valence-corrected chi connectivity index (χ4v) is 3.29. The summed E-state index contributed by atoms with van der Waals surface area (Å²) in [5, 5.41) is 7.91. The van der Waals surface area contributed by atoms with Crippen molar-refractivity contribution in [3.05, 3.63) is 59.9 Å². The van der Waals surface area contributed by atoms with Crippen LogP contribution in [0.5, 0.6) is 0 Å². The average molecular weight is 333 g/mol. The van der Waals surface area contributed by atoms with Crippen molar-refractivity contribution in [3.8, 4) is 0 Å². The van der Waals surface area contributed by atoms with Gasteiger partial charge in [0.05, 0.1) is 5.52 Å². The Morgan fingerprint density at radius 3 is 2.80 bits per heavy atom. The van der Waals surface area contributed by atoms with Gasteiger partial charge in [0, 0.05) is 43.8 Å². The smallest absolute Gasteiger partial charge is 0.141 e. The SMILES string of the molecule is Cc1cccc(Nc2ncnc3ccc(CN4CCNCC4)cc23)c1. The second-order valence-electron chi connectivity index (χ2n) is 6.59. The lowest BCUT2D eigenvalue weighted by atomic mass is 10.1. The largest absolute Gasteiger partial charge is 0.340 e. The van der Waals surface area contributed by atoms with Crippen molar-refractivity contribution in [1.82, 2.24) is 20.2 Å². The number of rotatable bonds is 4. The fraction of sp³-hybridized carbons (Fsp3) is 0.300. The first-order chi connectivity index (χ1) is 12.3. The highest BCUT2D eigenvalue weighted by molar-refractivity contribution is 5.91. The number of aromatic nitrogens is 2. The molecule has 0 amide bonds. The molecule has 0 saturated carbocycles. The Labute approximate surface area is 148 Å². The second-order valence-corrected chi connectivity index (χ2v) is 6.59. The van der Waals surface area contributed by atoms with Gasteiger partial charge in [-0.25, -0.2) is 9.97 Å². The number of hydrogen-bond donors (Lipinski definition) is 2. The fourth-order valence-electron chi connectivity index (χ4n) is 3.29. The second kappa shape index (κ2) is 7.17. The summed E-state index contributed by atoms with van der Waals surface area (Å²) in [4.78, 5) is 11.4. The first-order valence-electron chi connectivity index (χ1n) is 8.78. The molecule has 1 fully saturated rings. The number of anilines is 2. The van der Waals surface area contributed by atoms with Crippen molar-refractivity contribution in [2.45, 2.75) is 13.5 Å². The first kappa shape index (κ1) is 16.0. The summed E-state index contributed by atoms with van der Waals surface area (Å²) < 4.78 is 0. The number of nitrogens with one attached hydrogen (secondary N) is 2. The van der Waals surface area contributed by atoms with Gasteiger partial charge in [-0.3, -0.25) is 4.90 Å². The normalized spacial score (nSPS) is 15.4. The van der Waals surface area contributed by atoms with E-state index in [1.165, 1.54) is 11.1 Å². The van der Waals surface area contributed by atoms with Crippen LogP contribution >= 0.6 is 0 Å². The molecule has 1 saturated heterocycles. The van der Waals surface area contributed by atoms with E-state index in [9.17, 15) is 0 Å². The molecule has 3 aromatic rings. The molecule has 2 heterocycles. The molecule has 128 valence electrons. The van der Waals surface area contributed by atoms with E-state index in [4.69, 9.17) is 0 Å². The highest BCUT2D eigenvalue weighted by Crippen LogP contribution is 2.25. The minimum atomic E-state index is 0.859. The predicted octanol–water partition coefficient (Wildman–Crippen LogP) is 3.09. The van der Waals surface area contributed by atoms with Crippen molar-refractivity contribution in [3.63, 3.8) is 0 Å². The van der Waals surface area contributed by atoms with Crippen LogP contribution < -0.4 is 10.6 Å². The zero-order chi connectivity index (χ0) is 17.1. The number of fused-ring (bicyclic) bond motifs is 1. The van der Waals surface area contributed by atoms with Crippen LogP contribution in [-0.4, -0.2) is 41.0 Å². The summed E-state index contributed by atoms with van der Waals surface area (Å²) in [5.74, 6) is 0.859. The predicted molar refractivity (Wildman–Crippen MR) is 102 cm³/mol. The van der Waals surface area contributed by atoms with E-state index < -0.39 is 0 Å². The van der Waals surface area contributed by atoms with Crippen molar-refractivity contribution in [1.29, 1.82) is 0 Å². The molecule has 0 aliphatic carbocycles. The van der Waals surface area contributed by atoms with E-state index in [1.807, 2.05) is 0 Å². The monoisotopic (exact) mass is 333 g/mol. The lowest BCUT2D eigenvalue weighted by molar-refractivity contribution is 0.233. The Morgan fingerprint density at radius 2 is 1.96 bits per heavy atom. The number of piperazine rings is 1. The third-order valence-corrected chi connectivity index (χ3v) is 4.60. The highest BCUT2D eigenvalue weighted by Gasteiger charge is 2.11. The van der Waals surface area contributed by atoms with E-state index in [2.05, 4.69) is 74.9 Å². The highest BCUT2D eigenvalue weighted by atomic mass is 15.2. The molecule has 0 bridgehead atoms. The van der Waals surface area contributed by atoms with Crippen LogP contribution in [0.15, 0.2) is 48.8 Å². The van der Waals surface area contributed by atoms with Crippen molar-refractivity contribution in [2.75, 3.05) is 31.5 Å². The molecule has 1 aliphatic rings. The third-order valence-electron chi connectivity index (χ3n) is 4.60. The molecule has 0 spiro atoms. The van der Waals surface area contributed by atoms with Gasteiger partial charge in [-0.15, -0.1) is 0 Å². The van der Waals surface area contributed by atoms with Crippen LogP contribution in [0.4, 0.5) is 11.5 Å². The standard InChI is InChI=1S/C20H23N5/c1-15-3-2-4-17(11-15)24-20-18-12-16(5-6-19(18)22-14-23-20)13-25-9-7-21-8-10-25/h2-6,11-12,14,21H,7-10,13H2,1H3,(H,22,23,24). The Balaban J connectivity index is 1.63. The molecule has 1 aromatic heterocycles. The quantitative estimate of drug-likeness (QED) is 0.768. The molecule has 25 heavy (non-hydrogen) atoms. The van der Waals surface area contributed by atoms with Crippen molar-refractivity contribution >= 4 is 22.4 Å². The van der Waals surface area contributed by atoms with E-state index in [1.54, 1.807) is 6.33 Å². The number of hydrogen-bond acceptors (Lipinski definition) is 5. The van der Waals surface area contributed by atoms with Gasteiger partial charge in [-0.2, -0.15) is 0 Å².